The number of alkyl carbamates (subject to hydrolysis) is 1. The fraction of sp³-hybridized carbons (Fsp3) is 0.154. The van der Waals surface area contributed by atoms with E-state index in [1.807, 2.05) is 54.6 Å². The summed E-state index contributed by atoms with van der Waals surface area (Å²) in [5.74, 6) is -2.24. The van der Waals surface area contributed by atoms with E-state index in [0.717, 1.165) is 22.3 Å². The SMILES string of the molecule is N#Cc1cc(Br)ccc1NC(=O)C(CC(=O)O)NC(=O)OCC1c2ccccc2-c2ccccc21. The molecule has 176 valence electrons. The summed E-state index contributed by atoms with van der Waals surface area (Å²) in [5.41, 5.74) is 4.58. The lowest BCUT2D eigenvalue weighted by Crippen LogP contribution is -2.45. The average molecular weight is 534 g/mol. The van der Waals surface area contributed by atoms with Crippen molar-refractivity contribution < 1.29 is 24.2 Å². The van der Waals surface area contributed by atoms with E-state index in [1.165, 1.54) is 12.1 Å². The van der Waals surface area contributed by atoms with Crippen LogP contribution in [0.15, 0.2) is 71.2 Å². The van der Waals surface area contributed by atoms with Crippen molar-refractivity contribution >= 4 is 39.6 Å². The Kier molecular flexibility index (Phi) is 7.13. The number of nitriles is 1. The molecular weight excluding hydrogens is 514 g/mol. The molecule has 1 aliphatic rings. The molecule has 0 aliphatic heterocycles. The Morgan fingerprint density at radius 1 is 1.03 bits per heavy atom. The molecule has 0 saturated carbocycles. The number of fused-ring (bicyclic) bond motifs is 3. The monoisotopic (exact) mass is 533 g/mol. The molecule has 0 radical (unpaired) electrons. The van der Waals surface area contributed by atoms with Crippen LogP contribution in [0.5, 0.6) is 0 Å². The maximum atomic E-state index is 12.8. The molecule has 4 rings (SSSR count). The lowest BCUT2D eigenvalue weighted by atomic mass is 9.98. The number of carbonyl (C=O) groups excluding carboxylic acids is 2. The second-order valence-corrected chi connectivity index (χ2v) is 8.83. The minimum atomic E-state index is -1.40. The van der Waals surface area contributed by atoms with Crippen molar-refractivity contribution in [1.82, 2.24) is 5.32 Å². The van der Waals surface area contributed by atoms with Crippen LogP contribution in [0.4, 0.5) is 10.5 Å². The first kappa shape index (κ1) is 24.0. The van der Waals surface area contributed by atoms with Gasteiger partial charge in [0.15, 0.2) is 0 Å². The Bertz CT molecular complexity index is 1310. The number of ether oxygens (including phenoxy) is 1. The van der Waals surface area contributed by atoms with Crippen LogP contribution in [-0.2, 0) is 14.3 Å². The number of carbonyl (C=O) groups is 3. The third-order valence-corrected chi connectivity index (χ3v) is 6.18. The summed E-state index contributed by atoms with van der Waals surface area (Å²) in [6, 6.07) is 20.9. The first-order valence-electron chi connectivity index (χ1n) is 10.7. The molecule has 0 aromatic heterocycles. The highest BCUT2D eigenvalue weighted by Gasteiger charge is 2.30. The number of carboxylic acid groups (broad SMARTS) is 1. The van der Waals surface area contributed by atoms with Crippen LogP contribution in [0, 0.1) is 11.3 Å². The van der Waals surface area contributed by atoms with Crippen LogP contribution < -0.4 is 10.6 Å². The predicted molar refractivity (Wildman–Crippen MR) is 132 cm³/mol. The number of rotatable bonds is 7. The Hall–Kier alpha value is -4.16. The molecule has 0 saturated heterocycles. The largest absolute Gasteiger partial charge is 0.481 e. The van der Waals surface area contributed by atoms with Crippen molar-refractivity contribution in [2.75, 3.05) is 11.9 Å². The van der Waals surface area contributed by atoms with Gasteiger partial charge >= 0.3 is 12.1 Å². The lowest BCUT2D eigenvalue weighted by Gasteiger charge is -2.19. The van der Waals surface area contributed by atoms with Gasteiger partial charge in [-0.3, -0.25) is 9.59 Å². The van der Waals surface area contributed by atoms with Crippen molar-refractivity contribution in [3.8, 4) is 17.2 Å². The van der Waals surface area contributed by atoms with Crippen LogP contribution >= 0.6 is 15.9 Å². The van der Waals surface area contributed by atoms with E-state index < -0.39 is 30.4 Å². The molecule has 3 N–H and O–H groups in total. The van der Waals surface area contributed by atoms with Gasteiger partial charge in [0.2, 0.25) is 5.91 Å². The Morgan fingerprint density at radius 3 is 2.26 bits per heavy atom. The summed E-state index contributed by atoms with van der Waals surface area (Å²) in [6.45, 7) is 0.0204. The van der Waals surface area contributed by atoms with Gasteiger partial charge in [-0.2, -0.15) is 5.26 Å². The van der Waals surface area contributed by atoms with Crippen LogP contribution in [0.25, 0.3) is 11.1 Å². The zero-order valence-electron chi connectivity index (χ0n) is 18.3. The van der Waals surface area contributed by atoms with Gasteiger partial charge in [-0.25, -0.2) is 4.79 Å². The van der Waals surface area contributed by atoms with E-state index in [-0.39, 0.29) is 23.8 Å². The summed E-state index contributed by atoms with van der Waals surface area (Å²) >= 11 is 3.25. The van der Waals surface area contributed by atoms with E-state index in [1.54, 1.807) is 6.07 Å². The quantitative estimate of drug-likeness (QED) is 0.405. The number of amides is 2. The molecular formula is C26H20BrN3O5. The molecule has 0 spiro atoms. The third kappa shape index (κ3) is 5.34. The summed E-state index contributed by atoms with van der Waals surface area (Å²) in [7, 11) is 0. The molecule has 1 unspecified atom stereocenters. The predicted octanol–water partition coefficient (Wildman–Crippen LogP) is 4.64. The van der Waals surface area contributed by atoms with Crippen LogP contribution in [0.3, 0.4) is 0 Å². The molecule has 2 amide bonds. The van der Waals surface area contributed by atoms with E-state index in [4.69, 9.17) is 4.74 Å². The average Bonchev–Trinajstić information content (AvgIpc) is 3.16. The molecule has 0 fully saturated rings. The number of nitrogens with one attached hydrogen (secondary N) is 2. The molecule has 0 bridgehead atoms. The standard InChI is InChI=1S/C26H20BrN3O5/c27-16-9-10-22(15(11-16)13-28)29-25(33)23(12-24(31)32)30-26(34)35-14-21-19-7-3-1-5-17(19)18-6-2-4-8-20(18)21/h1-11,21,23H,12,14H2,(H,29,33)(H,30,34)(H,31,32). The lowest BCUT2D eigenvalue weighted by molar-refractivity contribution is -0.139. The highest BCUT2D eigenvalue weighted by Crippen LogP contribution is 2.44. The fourth-order valence-corrected chi connectivity index (χ4v) is 4.47. The minimum Gasteiger partial charge on any atom is -0.481 e. The molecule has 1 aliphatic carbocycles. The van der Waals surface area contributed by atoms with Gasteiger partial charge in [-0.05, 0) is 40.5 Å². The van der Waals surface area contributed by atoms with E-state index in [2.05, 4.69) is 26.6 Å². The number of nitrogens with zero attached hydrogens (tertiary/aromatic N) is 1. The number of hydrogen-bond acceptors (Lipinski definition) is 5. The smallest absolute Gasteiger partial charge is 0.407 e. The summed E-state index contributed by atoms with van der Waals surface area (Å²) in [5, 5.41) is 23.4. The van der Waals surface area contributed by atoms with Crippen molar-refractivity contribution in [3.05, 3.63) is 87.9 Å². The highest BCUT2D eigenvalue weighted by molar-refractivity contribution is 9.10. The van der Waals surface area contributed by atoms with Gasteiger partial charge in [-0.15, -0.1) is 0 Å². The van der Waals surface area contributed by atoms with Gasteiger partial charge in [0.25, 0.3) is 0 Å². The second-order valence-electron chi connectivity index (χ2n) is 7.91. The zero-order chi connectivity index (χ0) is 24.9. The first-order chi connectivity index (χ1) is 16.9. The maximum Gasteiger partial charge on any atom is 0.407 e. The van der Waals surface area contributed by atoms with Crippen LogP contribution in [-0.4, -0.2) is 35.7 Å². The molecule has 3 aromatic carbocycles. The number of halogens is 1. The van der Waals surface area contributed by atoms with E-state index in [9.17, 15) is 24.8 Å². The third-order valence-electron chi connectivity index (χ3n) is 5.69. The van der Waals surface area contributed by atoms with Gasteiger partial charge in [0.05, 0.1) is 17.7 Å². The number of hydrogen-bond donors (Lipinski definition) is 3. The fourth-order valence-electron chi connectivity index (χ4n) is 4.10. The molecule has 1 atom stereocenters. The normalized spacial score (nSPS) is 12.6. The maximum absolute atomic E-state index is 12.8. The molecule has 8 nitrogen and oxygen atoms in total. The van der Waals surface area contributed by atoms with E-state index >= 15 is 0 Å². The number of anilines is 1. The van der Waals surface area contributed by atoms with Crippen molar-refractivity contribution in [1.29, 1.82) is 5.26 Å². The van der Waals surface area contributed by atoms with Gasteiger partial charge in [0.1, 0.15) is 18.7 Å². The highest BCUT2D eigenvalue weighted by atomic mass is 79.9. The molecule has 0 heterocycles. The number of benzene rings is 3. The molecule has 35 heavy (non-hydrogen) atoms. The number of carboxylic acids is 1. The van der Waals surface area contributed by atoms with Gasteiger partial charge < -0.3 is 20.5 Å². The summed E-state index contributed by atoms with van der Waals surface area (Å²) in [6.07, 6.45) is -1.57. The van der Waals surface area contributed by atoms with Crippen LogP contribution in [0.1, 0.15) is 29.0 Å². The molecule has 9 heteroatoms. The van der Waals surface area contributed by atoms with Crippen LogP contribution in [0.2, 0.25) is 0 Å². The first-order valence-corrected chi connectivity index (χ1v) is 11.5. The Balaban J connectivity index is 1.45. The Labute approximate surface area is 209 Å². The van der Waals surface area contributed by atoms with Crippen molar-refractivity contribution in [2.24, 2.45) is 0 Å². The van der Waals surface area contributed by atoms with Crippen molar-refractivity contribution in [3.63, 3.8) is 0 Å². The Morgan fingerprint density at radius 2 is 1.66 bits per heavy atom. The topological polar surface area (TPSA) is 129 Å². The molecule has 3 aromatic rings. The minimum absolute atomic E-state index is 0.0204. The van der Waals surface area contributed by atoms with E-state index in [0.29, 0.717) is 4.47 Å². The second kappa shape index (κ2) is 10.4. The number of aliphatic carboxylic acids is 1. The zero-order valence-corrected chi connectivity index (χ0v) is 19.9. The summed E-state index contributed by atoms with van der Waals surface area (Å²) < 4.78 is 6.08. The van der Waals surface area contributed by atoms with Gasteiger partial charge in [-0.1, -0.05) is 64.5 Å². The van der Waals surface area contributed by atoms with Gasteiger partial charge in [0, 0.05) is 10.4 Å². The van der Waals surface area contributed by atoms with Crippen molar-refractivity contribution in [2.45, 2.75) is 18.4 Å². The summed E-state index contributed by atoms with van der Waals surface area (Å²) in [4.78, 5) is 36.7.